The van der Waals surface area contributed by atoms with Crippen LogP contribution in [-0.2, 0) is 9.53 Å². The lowest BCUT2D eigenvalue weighted by molar-refractivity contribution is -0.118. The Hall–Kier alpha value is -2.34. The van der Waals surface area contributed by atoms with Crippen molar-refractivity contribution in [1.29, 1.82) is 0 Å². The van der Waals surface area contributed by atoms with E-state index in [-0.39, 0.29) is 19.1 Å². The Morgan fingerprint density at radius 2 is 1.92 bits per heavy atom. The van der Waals surface area contributed by atoms with Crippen LogP contribution in [0.1, 0.15) is 22.8 Å². The van der Waals surface area contributed by atoms with Crippen molar-refractivity contribution in [1.82, 2.24) is 0 Å². The highest BCUT2D eigenvalue weighted by atomic mass is 79.9. The molecule has 0 bridgehead atoms. The first-order valence-corrected chi connectivity index (χ1v) is 8.25. The highest BCUT2D eigenvalue weighted by Gasteiger charge is 2.14. The van der Waals surface area contributed by atoms with E-state index in [2.05, 4.69) is 21.2 Å². The number of anilines is 1. The number of rotatable bonds is 6. The van der Waals surface area contributed by atoms with E-state index in [1.165, 1.54) is 0 Å². The van der Waals surface area contributed by atoms with Gasteiger partial charge < -0.3 is 14.8 Å². The number of benzene rings is 2. The van der Waals surface area contributed by atoms with Crippen LogP contribution in [0.25, 0.3) is 0 Å². The van der Waals surface area contributed by atoms with Crippen molar-refractivity contribution in [2.45, 2.75) is 13.8 Å². The van der Waals surface area contributed by atoms with Gasteiger partial charge in [-0.1, -0.05) is 28.1 Å². The summed E-state index contributed by atoms with van der Waals surface area (Å²) in [4.78, 5) is 24.0. The lowest BCUT2D eigenvalue weighted by atomic mass is 10.2. The fourth-order valence-electron chi connectivity index (χ4n) is 2.02. The summed E-state index contributed by atoms with van der Waals surface area (Å²) in [5.41, 5.74) is 1.73. The van der Waals surface area contributed by atoms with E-state index in [0.29, 0.717) is 17.0 Å². The molecule has 0 aliphatic carbocycles. The van der Waals surface area contributed by atoms with Crippen molar-refractivity contribution >= 4 is 33.5 Å². The van der Waals surface area contributed by atoms with Gasteiger partial charge in [-0.25, -0.2) is 4.79 Å². The molecule has 0 aromatic heterocycles. The Balaban J connectivity index is 1.99. The summed E-state index contributed by atoms with van der Waals surface area (Å²) in [7, 11) is 0. The molecule has 0 unspecified atom stereocenters. The van der Waals surface area contributed by atoms with E-state index in [4.69, 9.17) is 9.47 Å². The second-order valence-electron chi connectivity index (χ2n) is 5.01. The number of aryl methyl sites for hydroxylation is 1. The van der Waals surface area contributed by atoms with Gasteiger partial charge in [0.2, 0.25) is 0 Å². The van der Waals surface area contributed by atoms with Crippen LogP contribution in [0, 0.1) is 6.92 Å². The predicted molar refractivity (Wildman–Crippen MR) is 95.4 cm³/mol. The van der Waals surface area contributed by atoms with Gasteiger partial charge in [-0.2, -0.15) is 0 Å². The average molecular weight is 392 g/mol. The van der Waals surface area contributed by atoms with E-state index < -0.39 is 5.97 Å². The van der Waals surface area contributed by atoms with E-state index >= 15 is 0 Å². The molecule has 0 saturated carbocycles. The Morgan fingerprint density at radius 1 is 1.17 bits per heavy atom. The second-order valence-corrected chi connectivity index (χ2v) is 5.87. The molecule has 1 N–H and O–H groups in total. The van der Waals surface area contributed by atoms with Crippen molar-refractivity contribution < 1.29 is 19.1 Å². The van der Waals surface area contributed by atoms with Gasteiger partial charge >= 0.3 is 5.97 Å². The molecule has 126 valence electrons. The van der Waals surface area contributed by atoms with Gasteiger partial charge in [0, 0.05) is 4.47 Å². The highest BCUT2D eigenvalue weighted by Crippen LogP contribution is 2.21. The number of carbonyl (C=O) groups is 2. The topological polar surface area (TPSA) is 64.6 Å². The zero-order chi connectivity index (χ0) is 17.5. The summed E-state index contributed by atoms with van der Waals surface area (Å²) in [5.74, 6) is -0.227. The smallest absolute Gasteiger partial charge is 0.340 e. The summed E-state index contributed by atoms with van der Waals surface area (Å²) >= 11 is 3.41. The summed E-state index contributed by atoms with van der Waals surface area (Å²) in [6, 6.07) is 12.2. The van der Waals surface area contributed by atoms with Crippen LogP contribution in [-0.4, -0.2) is 25.1 Å². The third-order valence-electron chi connectivity index (χ3n) is 3.20. The van der Waals surface area contributed by atoms with Crippen molar-refractivity contribution in [3.8, 4) is 5.75 Å². The first-order chi connectivity index (χ1) is 11.5. The van der Waals surface area contributed by atoms with Crippen molar-refractivity contribution in [2.75, 3.05) is 18.5 Å². The largest absolute Gasteiger partial charge is 0.484 e. The summed E-state index contributed by atoms with van der Waals surface area (Å²) < 4.78 is 11.4. The molecule has 0 spiro atoms. The second kappa shape index (κ2) is 8.49. The summed E-state index contributed by atoms with van der Waals surface area (Å²) in [6.45, 7) is 3.78. The number of ether oxygens (including phenoxy) is 2. The number of carbonyl (C=O) groups excluding carboxylic acids is 2. The molecule has 0 aliphatic heterocycles. The first-order valence-electron chi connectivity index (χ1n) is 7.46. The number of para-hydroxylation sites is 1. The number of esters is 1. The van der Waals surface area contributed by atoms with Crippen LogP contribution < -0.4 is 10.1 Å². The Kier molecular flexibility index (Phi) is 6.37. The third kappa shape index (κ3) is 4.83. The maximum Gasteiger partial charge on any atom is 0.340 e. The molecule has 0 atom stereocenters. The molecule has 0 saturated heterocycles. The molecule has 24 heavy (non-hydrogen) atoms. The lowest BCUT2D eigenvalue weighted by Crippen LogP contribution is -2.22. The van der Waals surface area contributed by atoms with Crippen LogP contribution in [0.4, 0.5) is 5.69 Å². The van der Waals surface area contributed by atoms with Gasteiger partial charge in [-0.15, -0.1) is 0 Å². The Labute approximate surface area is 149 Å². The minimum Gasteiger partial charge on any atom is -0.484 e. The molecule has 2 rings (SSSR count). The monoisotopic (exact) mass is 391 g/mol. The number of nitrogens with one attached hydrogen (secondary N) is 1. The van der Waals surface area contributed by atoms with Gasteiger partial charge in [0.25, 0.3) is 5.91 Å². The van der Waals surface area contributed by atoms with Crippen molar-refractivity contribution in [3.63, 3.8) is 0 Å². The first kappa shape index (κ1) is 18.0. The van der Waals surface area contributed by atoms with Gasteiger partial charge in [0.05, 0.1) is 17.9 Å². The molecule has 6 heteroatoms. The highest BCUT2D eigenvalue weighted by molar-refractivity contribution is 9.10. The molecular weight excluding hydrogens is 374 g/mol. The van der Waals surface area contributed by atoms with Crippen LogP contribution in [0.3, 0.4) is 0 Å². The molecule has 0 aliphatic rings. The maximum atomic E-state index is 12.1. The van der Waals surface area contributed by atoms with Crippen molar-refractivity contribution in [2.24, 2.45) is 0 Å². The zero-order valence-corrected chi connectivity index (χ0v) is 15.1. The van der Waals surface area contributed by atoms with Gasteiger partial charge in [0.15, 0.2) is 6.61 Å². The SMILES string of the molecule is CCOC(=O)c1ccccc1NC(=O)COc1ccc(Br)c(C)c1. The molecule has 0 heterocycles. The van der Waals surface area contributed by atoms with Crippen LogP contribution in [0.5, 0.6) is 5.75 Å². The number of hydrogen-bond acceptors (Lipinski definition) is 4. The van der Waals surface area contributed by atoms with Crippen LogP contribution in [0.2, 0.25) is 0 Å². The van der Waals surface area contributed by atoms with Gasteiger partial charge in [-0.05, 0) is 49.7 Å². The molecule has 5 nitrogen and oxygen atoms in total. The van der Waals surface area contributed by atoms with Crippen molar-refractivity contribution in [3.05, 3.63) is 58.1 Å². The molecular formula is C18H18BrNO4. The van der Waals surface area contributed by atoms with Gasteiger partial charge in [-0.3, -0.25) is 4.79 Å². The molecule has 0 fully saturated rings. The zero-order valence-electron chi connectivity index (χ0n) is 13.5. The van der Waals surface area contributed by atoms with Crippen LogP contribution in [0.15, 0.2) is 46.9 Å². The van der Waals surface area contributed by atoms with Gasteiger partial charge in [0.1, 0.15) is 5.75 Å². The standard InChI is InChI=1S/C18H18BrNO4/c1-3-23-18(22)14-6-4-5-7-16(14)20-17(21)11-24-13-8-9-15(19)12(2)10-13/h4-10H,3,11H2,1-2H3,(H,20,21). The maximum absolute atomic E-state index is 12.1. The van der Waals surface area contributed by atoms with E-state index in [0.717, 1.165) is 10.0 Å². The normalized spacial score (nSPS) is 10.1. The third-order valence-corrected chi connectivity index (χ3v) is 4.09. The summed E-state index contributed by atoms with van der Waals surface area (Å²) in [6.07, 6.45) is 0. The van der Waals surface area contributed by atoms with E-state index in [1.54, 1.807) is 37.3 Å². The molecule has 0 radical (unpaired) electrons. The number of amides is 1. The average Bonchev–Trinajstić information content (AvgIpc) is 2.56. The minimum atomic E-state index is -0.474. The van der Waals surface area contributed by atoms with E-state index in [9.17, 15) is 9.59 Å². The Bertz CT molecular complexity index is 746. The Morgan fingerprint density at radius 3 is 2.62 bits per heavy atom. The number of hydrogen-bond donors (Lipinski definition) is 1. The molecule has 2 aromatic carbocycles. The van der Waals surface area contributed by atoms with E-state index in [1.807, 2.05) is 19.1 Å². The molecule has 2 aromatic rings. The molecule has 1 amide bonds. The summed E-state index contributed by atoms with van der Waals surface area (Å²) in [5, 5.41) is 2.67. The lowest BCUT2D eigenvalue weighted by Gasteiger charge is -2.11. The fraction of sp³-hybridized carbons (Fsp3) is 0.222. The quantitative estimate of drug-likeness (QED) is 0.757. The number of halogens is 1. The van der Waals surface area contributed by atoms with Crippen LogP contribution >= 0.6 is 15.9 Å². The minimum absolute atomic E-state index is 0.155. The fourth-order valence-corrected chi connectivity index (χ4v) is 2.27. The predicted octanol–water partition coefficient (Wildman–Crippen LogP) is 3.95.